The molecule has 0 amide bonds. The third-order valence-electron chi connectivity index (χ3n) is 4.58. The topological polar surface area (TPSA) is 43.1 Å². The first-order valence-electron chi connectivity index (χ1n) is 8.69. The molecule has 26 heavy (non-hydrogen) atoms. The van der Waals surface area contributed by atoms with E-state index < -0.39 is 0 Å². The third kappa shape index (κ3) is 3.25. The number of para-hydroxylation sites is 1. The van der Waals surface area contributed by atoms with Gasteiger partial charge in [0.25, 0.3) is 0 Å². The van der Waals surface area contributed by atoms with Crippen molar-refractivity contribution in [2.45, 2.75) is 31.0 Å². The van der Waals surface area contributed by atoms with Crippen LogP contribution in [0.4, 0.5) is 0 Å². The Morgan fingerprint density at radius 1 is 1.04 bits per heavy atom. The molecule has 0 aliphatic rings. The number of aromatic nitrogens is 1. The fourth-order valence-electron chi connectivity index (χ4n) is 3.16. The van der Waals surface area contributed by atoms with Crippen molar-refractivity contribution in [3.05, 3.63) is 81.7 Å². The molecule has 0 unspecified atom stereocenters. The standard InChI is InChI=1S/C22H19NO2S/c1-3-15-8-9-18-16(12-22(24)25-20(18)11-15)13-26-21-10-14(2)17-6-4-5-7-19(17)23-21/h4-12H,3,13H2,1-2H3. The quantitative estimate of drug-likeness (QED) is 0.355. The van der Waals surface area contributed by atoms with Crippen molar-refractivity contribution in [2.75, 3.05) is 0 Å². The van der Waals surface area contributed by atoms with Crippen molar-refractivity contribution in [3.8, 4) is 0 Å². The van der Waals surface area contributed by atoms with Crippen LogP contribution in [0.25, 0.3) is 21.9 Å². The van der Waals surface area contributed by atoms with Crippen LogP contribution in [0, 0.1) is 6.92 Å². The van der Waals surface area contributed by atoms with Crippen LogP contribution in [-0.2, 0) is 12.2 Å². The molecule has 0 N–H and O–H groups in total. The molecule has 0 spiro atoms. The molecule has 0 radical (unpaired) electrons. The van der Waals surface area contributed by atoms with Gasteiger partial charge in [0.1, 0.15) is 5.58 Å². The second-order valence-corrected chi connectivity index (χ2v) is 7.35. The molecule has 4 heteroatoms. The second kappa shape index (κ2) is 6.96. The molecule has 0 bridgehead atoms. The highest BCUT2D eigenvalue weighted by Gasteiger charge is 2.09. The number of hydrogen-bond donors (Lipinski definition) is 0. The molecule has 0 aliphatic heterocycles. The highest BCUT2D eigenvalue weighted by Crippen LogP contribution is 2.28. The van der Waals surface area contributed by atoms with Crippen molar-refractivity contribution in [2.24, 2.45) is 0 Å². The number of thioether (sulfide) groups is 1. The summed E-state index contributed by atoms with van der Waals surface area (Å²) < 4.78 is 5.39. The van der Waals surface area contributed by atoms with E-state index >= 15 is 0 Å². The number of aryl methyl sites for hydroxylation is 2. The highest BCUT2D eigenvalue weighted by atomic mass is 32.2. The van der Waals surface area contributed by atoms with Crippen LogP contribution in [0.2, 0.25) is 0 Å². The SMILES string of the molecule is CCc1ccc2c(CSc3cc(C)c4ccccc4n3)cc(=O)oc2c1. The first-order valence-corrected chi connectivity index (χ1v) is 9.67. The number of fused-ring (bicyclic) bond motifs is 2. The fourth-order valence-corrected chi connectivity index (χ4v) is 4.12. The minimum Gasteiger partial charge on any atom is -0.423 e. The highest BCUT2D eigenvalue weighted by molar-refractivity contribution is 7.98. The molecule has 0 saturated carbocycles. The van der Waals surface area contributed by atoms with Crippen LogP contribution in [0.3, 0.4) is 0 Å². The van der Waals surface area contributed by atoms with Crippen LogP contribution in [0.1, 0.15) is 23.6 Å². The van der Waals surface area contributed by atoms with Crippen LogP contribution in [0.5, 0.6) is 0 Å². The molecule has 3 nitrogen and oxygen atoms in total. The average molecular weight is 361 g/mol. The van der Waals surface area contributed by atoms with Crippen molar-refractivity contribution in [1.29, 1.82) is 0 Å². The first kappa shape index (κ1) is 16.9. The van der Waals surface area contributed by atoms with E-state index in [9.17, 15) is 4.79 Å². The Bertz CT molecular complexity index is 1160. The van der Waals surface area contributed by atoms with Gasteiger partial charge in [-0.25, -0.2) is 9.78 Å². The maximum Gasteiger partial charge on any atom is 0.336 e. The van der Waals surface area contributed by atoms with Crippen LogP contribution < -0.4 is 5.63 Å². The lowest BCUT2D eigenvalue weighted by atomic mass is 10.1. The van der Waals surface area contributed by atoms with Crippen LogP contribution >= 0.6 is 11.8 Å². The lowest BCUT2D eigenvalue weighted by Gasteiger charge is -2.08. The van der Waals surface area contributed by atoms with Gasteiger partial charge in [0.2, 0.25) is 0 Å². The van der Waals surface area contributed by atoms with Crippen LogP contribution in [-0.4, -0.2) is 4.98 Å². The summed E-state index contributed by atoms with van der Waals surface area (Å²) in [7, 11) is 0. The van der Waals surface area contributed by atoms with Crippen molar-refractivity contribution in [3.63, 3.8) is 0 Å². The number of pyridine rings is 1. The number of benzene rings is 2. The summed E-state index contributed by atoms with van der Waals surface area (Å²) in [5, 5.41) is 3.13. The van der Waals surface area contributed by atoms with Gasteiger partial charge in [-0.1, -0.05) is 37.3 Å². The zero-order chi connectivity index (χ0) is 18.1. The number of hydrogen-bond acceptors (Lipinski definition) is 4. The minimum atomic E-state index is -0.302. The summed E-state index contributed by atoms with van der Waals surface area (Å²) in [5.74, 6) is 0.679. The van der Waals surface area contributed by atoms with Gasteiger partial charge in [0, 0.05) is 22.6 Å². The molecule has 4 rings (SSSR count). The van der Waals surface area contributed by atoms with E-state index in [1.54, 1.807) is 17.8 Å². The lowest BCUT2D eigenvalue weighted by Crippen LogP contribution is -2.00. The largest absolute Gasteiger partial charge is 0.423 e. The van der Waals surface area contributed by atoms with Gasteiger partial charge >= 0.3 is 5.63 Å². The van der Waals surface area contributed by atoms with Crippen molar-refractivity contribution >= 4 is 33.6 Å². The number of nitrogens with zero attached hydrogens (tertiary/aromatic N) is 1. The Morgan fingerprint density at radius 3 is 2.73 bits per heavy atom. The molecule has 2 aromatic heterocycles. The summed E-state index contributed by atoms with van der Waals surface area (Å²) in [4.78, 5) is 16.7. The molecular weight excluding hydrogens is 342 g/mol. The zero-order valence-electron chi connectivity index (χ0n) is 14.8. The van der Waals surface area contributed by atoms with Gasteiger partial charge in [-0.2, -0.15) is 0 Å². The number of rotatable bonds is 4. The Balaban J connectivity index is 1.69. The molecule has 0 fully saturated rings. The van der Waals surface area contributed by atoms with E-state index in [-0.39, 0.29) is 5.63 Å². The summed E-state index contributed by atoms with van der Waals surface area (Å²) in [6.07, 6.45) is 0.916. The smallest absolute Gasteiger partial charge is 0.336 e. The average Bonchev–Trinajstić information content (AvgIpc) is 2.65. The van der Waals surface area contributed by atoms with Crippen molar-refractivity contribution < 1.29 is 4.42 Å². The molecule has 4 aromatic rings. The van der Waals surface area contributed by atoms with E-state index in [0.717, 1.165) is 33.5 Å². The third-order valence-corrected chi connectivity index (χ3v) is 5.54. The Kier molecular flexibility index (Phi) is 4.51. The summed E-state index contributed by atoms with van der Waals surface area (Å²) in [6.45, 7) is 4.19. The van der Waals surface area contributed by atoms with Gasteiger partial charge in [-0.15, -0.1) is 11.8 Å². The first-order chi connectivity index (χ1) is 12.6. The molecule has 0 aliphatic carbocycles. The summed E-state index contributed by atoms with van der Waals surface area (Å²) in [6, 6.07) is 18.0. The van der Waals surface area contributed by atoms with Gasteiger partial charge in [0.05, 0.1) is 10.5 Å². The summed E-state index contributed by atoms with van der Waals surface area (Å²) in [5.41, 5.74) is 4.72. The molecule has 2 heterocycles. The predicted octanol–water partition coefficient (Wildman–Crippen LogP) is 5.50. The molecular formula is C22H19NO2S. The van der Waals surface area contributed by atoms with E-state index in [1.165, 1.54) is 10.9 Å². The van der Waals surface area contributed by atoms with E-state index in [2.05, 4.69) is 32.0 Å². The Hall–Kier alpha value is -2.59. The van der Waals surface area contributed by atoms with Gasteiger partial charge in [-0.05, 0) is 48.2 Å². The molecule has 130 valence electrons. The second-order valence-electron chi connectivity index (χ2n) is 6.36. The van der Waals surface area contributed by atoms with E-state index in [4.69, 9.17) is 9.40 Å². The van der Waals surface area contributed by atoms with Crippen molar-refractivity contribution in [1.82, 2.24) is 4.98 Å². The Labute approximate surface area is 156 Å². The van der Waals surface area contributed by atoms with Gasteiger partial charge < -0.3 is 4.42 Å². The van der Waals surface area contributed by atoms with Gasteiger partial charge in [-0.3, -0.25) is 0 Å². The zero-order valence-corrected chi connectivity index (χ0v) is 15.6. The lowest BCUT2D eigenvalue weighted by molar-refractivity contribution is 0.559. The summed E-state index contributed by atoms with van der Waals surface area (Å²) >= 11 is 1.64. The predicted molar refractivity (Wildman–Crippen MR) is 108 cm³/mol. The normalized spacial score (nSPS) is 11.3. The Morgan fingerprint density at radius 2 is 1.88 bits per heavy atom. The minimum absolute atomic E-state index is 0.302. The van der Waals surface area contributed by atoms with Crippen LogP contribution in [0.15, 0.2) is 68.8 Å². The van der Waals surface area contributed by atoms with E-state index in [0.29, 0.717) is 11.3 Å². The van der Waals surface area contributed by atoms with Gasteiger partial charge in [0.15, 0.2) is 0 Å². The molecule has 0 atom stereocenters. The maximum absolute atomic E-state index is 12.0. The van der Waals surface area contributed by atoms with E-state index in [1.807, 2.05) is 30.3 Å². The monoisotopic (exact) mass is 361 g/mol. The fraction of sp³-hybridized carbons (Fsp3) is 0.182. The molecule has 0 saturated heterocycles. The maximum atomic E-state index is 12.0. The molecule has 2 aromatic carbocycles.